The number of carbonyl (C=O) groups excluding carboxylic acids is 2. The maximum atomic E-state index is 13.7. The fraction of sp³-hybridized carbons (Fsp3) is 0.333. The summed E-state index contributed by atoms with van der Waals surface area (Å²) in [6.45, 7) is -0.0332. The summed E-state index contributed by atoms with van der Waals surface area (Å²) in [5.41, 5.74) is 1.70. The van der Waals surface area contributed by atoms with Crippen molar-refractivity contribution in [3.05, 3.63) is 99.4 Å². The van der Waals surface area contributed by atoms with Crippen molar-refractivity contribution < 1.29 is 18.7 Å². The highest BCUT2D eigenvalue weighted by Crippen LogP contribution is 2.20. The van der Waals surface area contributed by atoms with Gasteiger partial charge in [-0.3, -0.25) is 9.59 Å². The van der Waals surface area contributed by atoms with E-state index >= 15 is 0 Å². The van der Waals surface area contributed by atoms with Gasteiger partial charge in [0, 0.05) is 22.6 Å². The van der Waals surface area contributed by atoms with Crippen LogP contribution < -0.4 is 10.1 Å². The van der Waals surface area contributed by atoms with Crippen LogP contribution in [0.2, 0.25) is 0 Å². The zero-order valence-corrected chi connectivity index (χ0v) is 22.9. The van der Waals surface area contributed by atoms with E-state index < -0.39 is 6.04 Å². The Bertz CT molecular complexity index is 1150. The van der Waals surface area contributed by atoms with E-state index in [9.17, 15) is 14.0 Å². The maximum Gasteiger partial charge on any atom is 0.261 e. The minimum absolute atomic E-state index is 0.116. The van der Waals surface area contributed by atoms with Crippen LogP contribution in [-0.2, 0) is 22.6 Å². The van der Waals surface area contributed by atoms with E-state index in [2.05, 4.69) is 27.9 Å². The second kappa shape index (κ2) is 13.6. The predicted molar refractivity (Wildman–Crippen MR) is 151 cm³/mol. The number of hydrogen-bond donors (Lipinski definition) is 1. The van der Waals surface area contributed by atoms with E-state index in [0.717, 1.165) is 40.4 Å². The Kier molecular flexibility index (Phi) is 9.93. The molecule has 0 spiro atoms. The minimum atomic E-state index is -0.734. The number of carbonyl (C=O) groups is 2. The van der Waals surface area contributed by atoms with E-state index in [1.165, 1.54) is 18.6 Å². The molecule has 1 atom stereocenters. The highest BCUT2D eigenvalue weighted by Gasteiger charge is 2.32. The van der Waals surface area contributed by atoms with Gasteiger partial charge in [-0.2, -0.15) is 0 Å². The molecule has 0 unspecified atom stereocenters. The van der Waals surface area contributed by atoms with Gasteiger partial charge in [0.25, 0.3) is 5.91 Å². The molecule has 0 aromatic heterocycles. The minimum Gasteiger partial charge on any atom is -0.484 e. The Labute approximate surface area is 231 Å². The first kappa shape index (κ1) is 27.1. The number of nitrogens with zero attached hydrogens (tertiary/aromatic N) is 1. The smallest absolute Gasteiger partial charge is 0.261 e. The van der Waals surface area contributed by atoms with Crippen molar-refractivity contribution in [1.82, 2.24) is 10.2 Å². The third-order valence-electron chi connectivity index (χ3n) is 6.66. The number of amides is 2. The van der Waals surface area contributed by atoms with Crippen molar-refractivity contribution in [3.8, 4) is 5.75 Å². The van der Waals surface area contributed by atoms with Crippen molar-refractivity contribution in [2.75, 3.05) is 6.61 Å². The van der Waals surface area contributed by atoms with Gasteiger partial charge in [0.1, 0.15) is 17.6 Å². The molecular weight excluding hydrogens is 582 g/mol. The normalized spacial score (nSPS) is 14.5. The fourth-order valence-corrected chi connectivity index (χ4v) is 5.00. The molecule has 2 amide bonds. The van der Waals surface area contributed by atoms with Gasteiger partial charge in [-0.05, 0) is 83.0 Å². The van der Waals surface area contributed by atoms with Gasteiger partial charge >= 0.3 is 0 Å². The van der Waals surface area contributed by atoms with Gasteiger partial charge in [0.05, 0.1) is 0 Å². The summed E-state index contributed by atoms with van der Waals surface area (Å²) >= 11 is 2.21. The number of nitrogens with one attached hydrogen (secondary N) is 1. The second-order valence-electron chi connectivity index (χ2n) is 9.44. The van der Waals surface area contributed by atoms with Crippen LogP contribution in [0, 0.1) is 9.39 Å². The highest BCUT2D eigenvalue weighted by atomic mass is 127. The van der Waals surface area contributed by atoms with Crippen LogP contribution >= 0.6 is 22.6 Å². The molecule has 37 heavy (non-hydrogen) atoms. The van der Waals surface area contributed by atoms with Gasteiger partial charge in [-0.15, -0.1) is 0 Å². The molecule has 0 radical (unpaired) electrons. The molecule has 4 rings (SSSR count). The summed E-state index contributed by atoms with van der Waals surface area (Å²) in [6, 6.07) is 22.6. The lowest BCUT2D eigenvalue weighted by molar-refractivity contribution is -0.143. The third kappa shape index (κ3) is 8.28. The molecule has 1 N–H and O–H groups in total. The van der Waals surface area contributed by atoms with Crippen molar-refractivity contribution in [1.29, 1.82) is 0 Å². The largest absolute Gasteiger partial charge is 0.484 e. The van der Waals surface area contributed by atoms with E-state index in [-0.39, 0.29) is 36.8 Å². The number of ether oxygens (including phenoxy) is 1. The summed E-state index contributed by atoms with van der Waals surface area (Å²) in [5.74, 6) is -0.232. The molecular formula is C30H32FIN2O3. The first-order valence-corrected chi connectivity index (χ1v) is 13.8. The van der Waals surface area contributed by atoms with E-state index in [1.807, 2.05) is 54.6 Å². The van der Waals surface area contributed by atoms with Crippen LogP contribution in [0.4, 0.5) is 4.39 Å². The summed E-state index contributed by atoms with van der Waals surface area (Å²) in [4.78, 5) is 28.9. The molecule has 0 aliphatic heterocycles. The number of halogens is 2. The maximum absolute atomic E-state index is 13.7. The predicted octanol–water partition coefficient (Wildman–Crippen LogP) is 5.90. The molecule has 3 aromatic rings. The second-order valence-corrected chi connectivity index (χ2v) is 10.7. The molecule has 1 aliphatic carbocycles. The molecule has 0 bridgehead atoms. The lowest BCUT2D eigenvalue weighted by atomic mass is 9.94. The Morgan fingerprint density at radius 2 is 1.59 bits per heavy atom. The zero-order chi connectivity index (χ0) is 26.0. The van der Waals surface area contributed by atoms with E-state index in [4.69, 9.17) is 4.74 Å². The van der Waals surface area contributed by atoms with Crippen LogP contribution in [0.1, 0.15) is 43.2 Å². The summed E-state index contributed by atoms with van der Waals surface area (Å²) in [6.07, 6.45) is 5.64. The first-order valence-electron chi connectivity index (χ1n) is 12.7. The van der Waals surface area contributed by atoms with Crippen molar-refractivity contribution in [2.45, 2.75) is 57.2 Å². The Morgan fingerprint density at radius 3 is 2.27 bits per heavy atom. The monoisotopic (exact) mass is 614 g/mol. The van der Waals surface area contributed by atoms with Gasteiger partial charge < -0.3 is 15.0 Å². The molecule has 0 saturated heterocycles. The van der Waals surface area contributed by atoms with Crippen LogP contribution in [0.5, 0.6) is 5.75 Å². The van der Waals surface area contributed by atoms with E-state index in [0.29, 0.717) is 12.2 Å². The first-order chi connectivity index (χ1) is 18.0. The molecule has 1 fully saturated rings. The van der Waals surface area contributed by atoms with Gasteiger partial charge in [0.2, 0.25) is 5.91 Å². The Morgan fingerprint density at radius 1 is 0.919 bits per heavy atom. The van der Waals surface area contributed by atoms with Gasteiger partial charge in [-0.25, -0.2) is 4.39 Å². The summed E-state index contributed by atoms with van der Waals surface area (Å²) in [7, 11) is 0. The Balaban J connectivity index is 1.59. The van der Waals surface area contributed by atoms with Crippen LogP contribution in [0.3, 0.4) is 0 Å². The summed E-state index contributed by atoms with van der Waals surface area (Å²) < 4.78 is 20.5. The van der Waals surface area contributed by atoms with Crippen molar-refractivity contribution in [3.63, 3.8) is 0 Å². The highest BCUT2D eigenvalue weighted by molar-refractivity contribution is 14.1. The van der Waals surface area contributed by atoms with Crippen molar-refractivity contribution >= 4 is 34.4 Å². The Hall–Kier alpha value is -2.94. The van der Waals surface area contributed by atoms with Crippen molar-refractivity contribution in [2.24, 2.45) is 0 Å². The van der Waals surface area contributed by atoms with Crippen LogP contribution in [-0.4, -0.2) is 35.4 Å². The summed E-state index contributed by atoms with van der Waals surface area (Å²) in [5, 5.41) is 3.21. The lowest BCUT2D eigenvalue weighted by Crippen LogP contribution is -2.53. The standard InChI is InChI=1S/C30H32FIN2O3/c31-24-13-11-23(12-14-24)20-34(29(35)21-37-27-17-15-25(32)16-18-27)28(19-22-7-3-1-4-8-22)30(36)33-26-9-5-2-6-10-26/h1,3-4,7-8,11-18,26,28H,2,5-6,9-10,19-21H2,(H,33,36)/t28-/m0/s1. The molecule has 0 heterocycles. The molecule has 194 valence electrons. The topological polar surface area (TPSA) is 58.6 Å². The molecule has 1 aliphatic rings. The third-order valence-corrected chi connectivity index (χ3v) is 7.38. The van der Waals surface area contributed by atoms with E-state index in [1.54, 1.807) is 17.0 Å². The zero-order valence-electron chi connectivity index (χ0n) is 20.7. The molecule has 3 aromatic carbocycles. The quantitative estimate of drug-likeness (QED) is 0.290. The number of rotatable bonds is 10. The number of benzene rings is 3. The average molecular weight is 614 g/mol. The number of hydrogen-bond acceptors (Lipinski definition) is 3. The average Bonchev–Trinajstić information content (AvgIpc) is 2.92. The van der Waals surface area contributed by atoms with Crippen LogP contribution in [0.15, 0.2) is 78.9 Å². The molecule has 5 nitrogen and oxygen atoms in total. The SMILES string of the molecule is O=C(NC1CCCCC1)[C@H](Cc1ccccc1)N(Cc1ccc(F)cc1)C(=O)COc1ccc(I)cc1. The van der Waals surface area contributed by atoms with Gasteiger partial charge in [0.15, 0.2) is 6.61 Å². The lowest BCUT2D eigenvalue weighted by Gasteiger charge is -2.33. The fourth-order valence-electron chi connectivity index (χ4n) is 4.64. The van der Waals surface area contributed by atoms with Crippen LogP contribution in [0.25, 0.3) is 0 Å². The van der Waals surface area contributed by atoms with Gasteiger partial charge in [-0.1, -0.05) is 61.7 Å². The molecule has 1 saturated carbocycles. The molecule has 7 heteroatoms.